The van der Waals surface area contributed by atoms with E-state index in [1.807, 2.05) is 47.4 Å². The van der Waals surface area contributed by atoms with E-state index in [0.29, 0.717) is 42.3 Å². The van der Waals surface area contributed by atoms with Gasteiger partial charge in [-0.25, -0.2) is 8.42 Å². The van der Waals surface area contributed by atoms with Crippen molar-refractivity contribution in [3.05, 3.63) is 102 Å². The minimum atomic E-state index is -3.66. The molecule has 1 aliphatic heterocycles. The van der Waals surface area contributed by atoms with E-state index in [-0.39, 0.29) is 30.3 Å². The van der Waals surface area contributed by atoms with Gasteiger partial charge in [0.1, 0.15) is 5.76 Å². The molecule has 3 heterocycles. The summed E-state index contributed by atoms with van der Waals surface area (Å²) in [6.45, 7) is 3.50. The molecule has 2 aromatic carbocycles. The second-order valence-electron chi connectivity index (χ2n) is 9.55. The fourth-order valence-electron chi connectivity index (χ4n) is 4.90. The average Bonchev–Trinajstić information content (AvgIpc) is 3.58. The molecule has 1 fully saturated rings. The molecule has 2 N–H and O–H groups in total. The molecule has 0 saturated carbocycles. The first-order valence-electron chi connectivity index (χ1n) is 12.7. The summed E-state index contributed by atoms with van der Waals surface area (Å²) in [5, 5.41) is 0. The van der Waals surface area contributed by atoms with E-state index in [1.165, 1.54) is 10.4 Å². The zero-order valence-electron chi connectivity index (χ0n) is 21.6. The Bertz CT molecular complexity index is 1570. The van der Waals surface area contributed by atoms with E-state index in [1.54, 1.807) is 42.0 Å². The molecule has 4 aromatic rings. The summed E-state index contributed by atoms with van der Waals surface area (Å²) in [6, 6.07) is 21.8. The van der Waals surface area contributed by atoms with Gasteiger partial charge in [-0.05, 0) is 48.4 Å². The monoisotopic (exact) mass is 546 g/mol. The predicted molar refractivity (Wildman–Crippen MR) is 147 cm³/mol. The Balaban J connectivity index is 1.25. The summed E-state index contributed by atoms with van der Waals surface area (Å²) in [4.78, 5) is 27.4. The molecular formula is C29H30N4O5S. The molecule has 2 aromatic heterocycles. The molecule has 0 spiro atoms. The molecule has 0 atom stereocenters. The number of furan rings is 1. The van der Waals surface area contributed by atoms with Crippen LogP contribution in [0.3, 0.4) is 0 Å². The van der Waals surface area contributed by atoms with Crippen LogP contribution in [-0.4, -0.2) is 66.6 Å². The number of hydrogen-bond acceptors (Lipinski definition) is 6. The summed E-state index contributed by atoms with van der Waals surface area (Å²) < 4.78 is 35.2. The van der Waals surface area contributed by atoms with Gasteiger partial charge < -0.3 is 14.7 Å². The van der Waals surface area contributed by atoms with Crippen LogP contribution in [-0.2, 0) is 16.6 Å². The van der Waals surface area contributed by atoms with Crippen LogP contribution in [0.2, 0.25) is 0 Å². The van der Waals surface area contributed by atoms with Gasteiger partial charge in [-0.1, -0.05) is 42.5 Å². The molecule has 9 nitrogen and oxygen atoms in total. The number of carbonyl (C=O) groups excluding carboxylic acids is 2. The Morgan fingerprint density at radius 3 is 2.18 bits per heavy atom. The van der Waals surface area contributed by atoms with Crippen LogP contribution >= 0.6 is 0 Å². The maximum Gasteiger partial charge on any atom is 0.250 e. The van der Waals surface area contributed by atoms with Crippen LogP contribution in [0.25, 0.3) is 11.1 Å². The standard InChI is InChI=1S/C29H30N4O5S/c1-21-26(29(30)35)18-27(33(21)19-24-8-5-17-38-24)28(34)20-31-13-15-32(16-14-31)39(36,37)25-11-9-23(10-12-25)22-6-3-2-4-7-22/h2-12,17-18H,13-16,19-20H2,1H3,(H2,30,35). The number of carbonyl (C=O) groups is 2. The number of primary amides is 1. The zero-order valence-corrected chi connectivity index (χ0v) is 22.4. The van der Waals surface area contributed by atoms with Crippen molar-refractivity contribution in [2.24, 2.45) is 5.73 Å². The van der Waals surface area contributed by atoms with Gasteiger partial charge in [-0.3, -0.25) is 14.5 Å². The van der Waals surface area contributed by atoms with Crippen molar-refractivity contribution in [1.29, 1.82) is 0 Å². The van der Waals surface area contributed by atoms with Crippen molar-refractivity contribution in [2.45, 2.75) is 18.4 Å². The topological polar surface area (TPSA) is 119 Å². The fraction of sp³-hybridized carbons (Fsp3) is 0.241. The highest BCUT2D eigenvalue weighted by Gasteiger charge is 2.30. The lowest BCUT2D eigenvalue weighted by Gasteiger charge is -2.33. The molecule has 0 radical (unpaired) electrons. The first-order valence-corrected chi connectivity index (χ1v) is 14.1. The number of benzene rings is 2. The van der Waals surface area contributed by atoms with Gasteiger partial charge in [0.15, 0.2) is 5.78 Å². The summed E-state index contributed by atoms with van der Waals surface area (Å²) in [6.07, 6.45) is 1.55. The fourth-order valence-corrected chi connectivity index (χ4v) is 6.32. The predicted octanol–water partition coefficient (Wildman–Crippen LogP) is 3.39. The molecule has 1 aliphatic rings. The van der Waals surface area contributed by atoms with Crippen molar-refractivity contribution >= 4 is 21.7 Å². The molecule has 39 heavy (non-hydrogen) atoms. The molecule has 0 aliphatic carbocycles. The van der Waals surface area contributed by atoms with Crippen molar-refractivity contribution in [2.75, 3.05) is 32.7 Å². The van der Waals surface area contributed by atoms with E-state index in [0.717, 1.165) is 11.1 Å². The van der Waals surface area contributed by atoms with E-state index < -0.39 is 15.9 Å². The molecule has 0 bridgehead atoms. The summed E-state index contributed by atoms with van der Waals surface area (Å²) in [5.74, 6) is -0.130. The number of hydrogen-bond donors (Lipinski definition) is 1. The second-order valence-corrected chi connectivity index (χ2v) is 11.5. The van der Waals surface area contributed by atoms with Gasteiger partial charge >= 0.3 is 0 Å². The van der Waals surface area contributed by atoms with E-state index in [4.69, 9.17) is 10.2 Å². The molecule has 10 heteroatoms. The van der Waals surface area contributed by atoms with E-state index in [2.05, 4.69) is 0 Å². The Hall–Kier alpha value is -3.99. The van der Waals surface area contributed by atoms with Crippen LogP contribution in [0.4, 0.5) is 0 Å². The highest BCUT2D eigenvalue weighted by atomic mass is 32.2. The maximum atomic E-state index is 13.3. The van der Waals surface area contributed by atoms with Crippen LogP contribution in [0.15, 0.2) is 88.4 Å². The normalized spacial score (nSPS) is 14.9. The molecule has 0 unspecified atom stereocenters. The SMILES string of the molecule is Cc1c(C(N)=O)cc(C(=O)CN2CCN(S(=O)(=O)c3ccc(-c4ccccc4)cc3)CC2)n1Cc1ccco1. The average molecular weight is 547 g/mol. The van der Waals surface area contributed by atoms with Crippen LogP contribution in [0, 0.1) is 6.92 Å². The van der Waals surface area contributed by atoms with Gasteiger partial charge in [0, 0.05) is 31.9 Å². The summed E-state index contributed by atoms with van der Waals surface area (Å²) in [7, 11) is -3.66. The molecule has 1 saturated heterocycles. The van der Waals surface area contributed by atoms with Crippen molar-refractivity contribution in [1.82, 2.24) is 13.8 Å². The second kappa shape index (κ2) is 11.0. The van der Waals surface area contributed by atoms with Gasteiger partial charge in [0.25, 0.3) is 5.91 Å². The lowest BCUT2D eigenvalue weighted by atomic mass is 10.1. The van der Waals surface area contributed by atoms with Crippen LogP contribution < -0.4 is 5.73 Å². The lowest BCUT2D eigenvalue weighted by molar-refractivity contribution is 0.0892. The molecule has 5 rings (SSSR count). The Morgan fingerprint density at radius 1 is 0.897 bits per heavy atom. The van der Waals surface area contributed by atoms with Crippen molar-refractivity contribution in [3.8, 4) is 11.1 Å². The van der Waals surface area contributed by atoms with E-state index >= 15 is 0 Å². The lowest BCUT2D eigenvalue weighted by Crippen LogP contribution is -2.49. The number of ketones is 1. The first kappa shape index (κ1) is 26.6. The summed E-state index contributed by atoms with van der Waals surface area (Å²) in [5.41, 5.74) is 8.76. The minimum absolute atomic E-state index is 0.0967. The Labute approximate surface area is 227 Å². The van der Waals surface area contributed by atoms with Crippen molar-refractivity contribution < 1.29 is 22.4 Å². The Kier molecular flexibility index (Phi) is 7.51. The number of Topliss-reactive ketones (excluding diaryl/α,β-unsaturated/α-hetero) is 1. The molecule has 1 amide bonds. The smallest absolute Gasteiger partial charge is 0.250 e. The third-order valence-electron chi connectivity index (χ3n) is 7.11. The van der Waals surface area contributed by atoms with Gasteiger partial charge in [-0.2, -0.15) is 4.31 Å². The maximum absolute atomic E-state index is 13.3. The number of piperazine rings is 1. The highest BCUT2D eigenvalue weighted by Crippen LogP contribution is 2.24. The number of nitrogens with two attached hydrogens (primary N) is 1. The first-order chi connectivity index (χ1) is 18.7. The molecule has 202 valence electrons. The number of sulfonamides is 1. The minimum Gasteiger partial charge on any atom is -0.467 e. The Morgan fingerprint density at radius 2 is 1.56 bits per heavy atom. The van der Waals surface area contributed by atoms with Gasteiger partial charge in [-0.15, -0.1) is 0 Å². The number of rotatable bonds is 9. The third-order valence-corrected chi connectivity index (χ3v) is 9.02. The largest absolute Gasteiger partial charge is 0.467 e. The van der Waals surface area contributed by atoms with Crippen molar-refractivity contribution in [3.63, 3.8) is 0 Å². The summed E-state index contributed by atoms with van der Waals surface area (Å²) >= 11 is 0. The number of nitrogens with zero attached hydrogens (tertiary/aromatic N) is 3. The number of amides is 1. The quantitative estimate of drug-likeness (QED) is 0.322. The van der Waals surface area contributed by atoms with Gasteiger partial charge in [0.2, 0.25) is 10.0 Å². The third kappa shape index (κ3) is 5.58. The zero-order chi connectivity index (χ0) is 27.6. The van der Waals surface area contributed by atoms with Crippen LogP contribution in [0.1, 0.15) is 32.3 Å². The van der Waals surface area contributed by atoms with Crippen LogP contribution in [0.5, 0.6) is 0 Å². The van der Waals surface area contributed by atoms with E-state index in [9.17, 15) is 18.0 Å². The number of aromatic nitrogens is 1. The molecular weight excluding hydrogens is 516 g/mol. The van der Waals surface area contributed by atoms with Gasteiger partial charge in [0.05, 0.1) is 35.5 Å². The highest BCUT2D eigenvalue weighted by molar-refractivity contribution is 7.89.